The zero-order chi connectivity index (χ0) is 18.4. The van der Waals surface area contributed by atoms with Crippen LogP contribution in [0.25, 0.3) is 0 Å². The molecular weight excluding hydrogens is 328 g/mol. The number of hydrogen-bond acceptors (Lipinski definition) is 3. The number of Topliss-reactive ketones (excluding diaryl/α,β-unsaturated/α-hetero) is 1. The number of carbonyl (C=O) groups is 1. The van der Waals surface area contributed by atoms with E-state index in [9.17, 15) is 4.79 Å². The summed E-state index contributed by atoms with van der Waals surface area (Å²) in [6, 6.07) is 12.2. The van der Waals surface area contributed by atoms with Crippen LogP contribution < -0.4 is 0 Å². The van der Waals surface area contributed by atoms with Gasteiger partial charge in [0.15, 0.2) is 5.78 Å². The molecule has 0 amide bonds. The lowest BCUT2D eigenvalue weighted by atomic mass is 10.0. The van der Waals surface area contributed by atoms with Crippen molar-refractivity contribution in [2.75, 3.05) is 19.3 Å². The van der Waals surface area contributed by atoms with Crippen molar-refractivity contribution in [3.63, 3.8) is 0 Å². The van der Waals surface area contributed by atoms with E-state index in [4.69, 9.17) is 0 Å². The van der Waals surface area contributed by atoms with Gasteiger partial charge in [0.05, 0.1) is 17.8 Å². The van der Waals surface area contributed by atoms with E-state index in [0.29, 0.717) is 5.75 Å². The predicted octanol–water partition coefficient (Wildman–Crippen LogP) is 5.20. The van der Waals surface area contributed by atoms with Crippen molar-refractivity contribution in [3.8, 4) is 0 Å². The lowest BCUT2D eigenvalue weighted by molar-refractivity contribution is 0.102. The topological polar surface area (TPSA) is 32.7 Å². The van der Waals surface area contributed by atoms with Gasteiger partial charge in [0, 0.05) is 24.1 Å². The highest BCUT2D eigenvalue weighted by molar-refractivity contribution is 8.00. The first kappa shape index (κ1) is 19.3. The average Bonchev–Trinajstić information content (AvgIpc) is 2.59. The molecule has 2 rings (SSSR count). The number of hydrogen-bond donors (Lipinski definition) is 0. The van der Waals surface area contributed by atoms with E-state index in [1.807, 2.05) is 56.4 Å². The largest absolute Gasteiger partial charge is 0.366 e. The molecule has 2 aromatic rings. The van der Waals surface area contributed by atoms with Crippen LogP contribution in [0.15, 0.2) is 46.3 Å². The summed E-state index contributed by atoms with van der Waals surface area (Å²) >= 11 is 1.59. The SMILES string of the molecule is CCN(C)C=Nc1cc(C)c(C(=O)CSc2cccc(C)c2)cc1C. The van der Waals surface area contributed by atoms with E-state index >= 15 is 0 Å². The Morgan fingerprint density at radius 1 is 1.16 bits per heavy atom. The van der Waals surface area contributed by atoms with Crippen molar-refractivity contribution in [1.82, 2.24) is 4.90 Å². The van der Waals surface area contributed by atoms with Crippen LogP contribution >= 0.6 is 11.8 Å². The first-order valence-electron chi connectivity index (χ1n) is 8.49. The second-order valence-electron chi connectivity index (χ2n) is 6.30. The monoisotopic (exact) mass is 354 g/mol. The maximum atomic E-state index is 12.6. The van der Waals surface area contributed by atoms with Gasteiger partial charge in [-0.05, 0) is 63.1 Å². The van der Waals surface area contributed by atoms with E-state index in [1.54, 1.807) is 11.8 Å². The van der Waals surface area contributed by atoms with Crippen LogP contribution in [0.1, 0.15) is 34.0 Å². The summed E-state index contributed by atoms with van der Waals surface area (Å²) in [5, 5.41) is 0. The molecule has 0 atom stereocenters. The Kier molecular flexibility index (Phi) is 6.82. The third-order valence-corrected chi connectivity index (χ3v) is 5.09. The molecule has 0 radical (unpaired) electrons. The number of ketones is 1. The third kappa shape index (κ3) is 5.46. The molecular formula is C21H26N2OS. The first-order chi connectivity index (χ1) is 11.9. The molecule has 0 heterocycles. The van der Waals surface area contributed by atoms with Gasteiger partial charge in [0.1, 0.15) is 0 Å². The molecule has 0 aliphatic rings. The normalized spacial score (nSPS) is 11.1. The van der Waals surface area contributed by atoms with Gasteiger partial charge in [-0.15, -0.1) is 11.8 Å². The molecule has 0 aliphatic heterocycles. The molecule has 0 saturated heterocycles. The fourth-order valence-electron chi connectivity index (χ4n) is 2.41. The second-order valence-corrected chi connectivity index (χ2v) is 7.35. The summed E-state index contributed by atoms with van der Waals surface area (Å²) in [4.78, 5) is 20.3. The Labute approximate surface area is 155 Å². The Morgan fingerprint density at radius 2 is 1.92 bits per heavy atom. The fourth-order valence-corrected chi connectivity index (χ4v) is 3.31. The van der Waals surface area contributed by atoms with Gasteiger partial charge in [-0.25, -0.2) is 4.99 Å². The molecule has 2 aromatic carbocycles. The van der Waals surface area contributed by atoms with Crippen molar-refractivity contribution in [3.05, 3.63) is 58.7 Å². The minimum absolute atomic E-state index is 0.160. The molecule has 0 bridgehead atoms. The van der Waals surface area contributed by atoms with E-state index in [1.165, 1.54) is 5.56 Å². The third-order valence-electron chi connectivity index (χ3n) is 4.10. The maximum Gasteiger partial charge on any atom is 0.173 e. The standard InChI is InChI=1S/C21H26N2OS/c1-6-23(5)14-22-20-12-16(3)19(11-17(20)4)21(24)13-25-18-9-7-8-15(2)10-18/h7-12,14H,6,13H2,1-5H3. The quantitative estimate of drug-likeness (QED) is 0.296. The van der Waals surface area contributed by atoms with Crippen LogP contribution in [-0.4, -0.2) is 36.4 Å². The number of benzene rings is 2. The lowest BCUT2D eigenvalue weighted by Gasteiger charge is -2.11. The molecule has 25 heavy (non-hydrogen) atoms. The van der Waals surface area contributed by atoms with E-state index in [2.05, 4.69) is 31.0 Å². The molecule has 0 aromatic heterocycles. The zero-order valence-corrected chi connectivity index (χ0v) is 16.5. The number of aliphatic imine (C=N–C) groups is 1. The maximum absolute atomic E-state index is 12.6. The molecule has 0 aliphatic carbocycles. The summed E-state index contributed by atoms with van der Waals surface area (Å²) in [5.74, 6) is 0.610. The van der Waals surface area contributed by atoms with Crippen molar-refractivity contribution in [1.29, 1.82) is 0 Å². The number of aryl methyl sites for hydroxylation is 3. The minimum Gasteiger partial charge on any atom is -0.366 e. The van der Waals surface area contributed by atoms with Gasteiger partial charge < -0.3 is 4.90 Å². The summed E-state index contributed by atoms with van der Waals surface area (Å²) < 4.78 is 0. The predicted molar refractivity (Wildman–Crippen MR) is 109 cm³/mol. The van der Waals surface area contributed by atoms with Crippen LogP contribution in [0.5, 0.6) is 0 Å². The molecule has 0 unspecified atom stereocenters. The number of rotatable bonds is 7. The van der Waals surface area contributed by atoms with Crippen LogP contribution in [0.4, 0.5) is 5.69 Å². The van der Waals surface area contributed by atoms with Gasteiger partial charge in [0.2, 0.25) is 0 Å². The van der Waals surface area contributed by atoms with Crippen molar-refractivity contribution < 1.29 is 4.79 Å². The van der Waals surface area contributed by atoms with Crippen LogP contribution in [0, 0.1) is 20.8 Å². The van der Waals surface area contributed by atoms with Crippen molar-refractivity contribution in [2.45, 2.75) is 32.6 Å². The summed E-state index contributed by atoms with van der Waals surface area (Å²) in [7, 11) is 1.99. The van der Waals surface area contributed by atoms with Gasteiger partial charge in [0.25, 0.3) is 0 Å². The number of nitrogens with zero attached hydrogens (tertiary/aromatic N) is 2. The molecule has 3 nitrogen and oxygen atoms in total. The van der Waals surface area contributed by atoms with E-state index in [0.717, 1.165) is 33.8 Å². The van der Waals surface area contributed by atoms with Crippen molar-refractivity contribution in [2.24, 2.45) is 4.99 Å². The molecule has 0 saturated carbocycles. The van der Waals surface area contributed by atoms with Gasteiger partial charge in [-0.2, -0.15) is 0 Å². The van der Waals surface area contributed by atoms with E-state index < -0.39 is 0 Å². The highest BCUT2D eigenvalue weighted by Gasteiger charge is 2.12. The Bertz CT molecular complexity index is 783. The summed E-state index contributed by atoms with van der Waals surface area (Å²) in [5.41, 5.74) is 4.92. The Morgan fingerprint density at radius 3 is 2.60 bits per heavy atom. The average molecular weight is 355 g/mol. The minimum atomic E-state index is 0.160. The summed E-state index contributed by atoms with van der Waals surface area (Å²) in [6.07, 6.45) is 1.83. The second kappa shape index (κ2) is 8.86. The molecule has 132 valence electrons. The van der Waals surface area contributed by atoms with E-state index in [-0.39, 0.29) is 5.78 Å². The smallest absolute Gasteiger partial charge is 0.173 e. The lowest BCUT2D eigenvalue weighted by Crippen LogP contribution is -2.14. The van der Waals surface area contributed by atoms with Gasteiger partial charge in [-0.1, -0.05) is 17.7 Å². The summed E-state index contributed by atoms with van der Waals surface area (Å²) in [6.45, 7) is 9.04. The van der Waals surface area contributed by atoms with Crippen molar-refractivity contribution >= 4 is 29.6 Å². The van der Waals surface area contributed by atoms with Crippen LogP contribution in [0.2, 0.25) is 0 Å². The van der Waals surface area contributed by atoms with Gasteiger partial charge >= 0.3 is 0 Å². The Balaban J connectivity index is 2.12. The Hall–Kier alpha value is -2.07. The first-order valence-corrected chi connectivity index (χ1v) is 9.47. The number of carbonyl (C=O) groups excluding carboxylic acids is 1. The molecule has 4 heteroatoms. The number of thioether (sulfide) groups is 1. The molecule has 0 N–H and O–H groups in total. The van der Waals surface area contributed by atoms with Crippen LogP contribution in [-0.2, 0) is 0 Å². The van der Waals surface area contributed by atoms with Crippen LogP contribution in [0.3, 0.4) is 0 Å². The highest BCUT2D eigenvalue weighted by atomic mass is 32.2. The van der Waals surface area contributed by atoms with Gasteiger partial charge in [-0.3, -0.25) is 4.79 Å². The molecule has 0 spiro atoms. The molecule has 0 fully saturated rings. The zero-order valence-electron chi connectivity index (χ0n) is 15.7. The fraction of sp³-hybridized carbons (Fsp3) is 0.333. The highest BCUT2D eigenvalue weighted by Crippen LogP contribution is 2.26.